The second-order valence-electron chi connectivity index (χ2n) is 8.58. The van der Waals surface area contributed by atoms with Gasteiger partial charge in [-0.1, -0.05) is 36.4 Å². The molecular formula is C26H23N5O2S. The molecule has 170 valence electrons. The van der Waals surface area contributed by atoms with Crippen molar-refractivity contribution in [2.45, 2.75) is 32.5 Å². The molecule has 6 rings (SSSR count). The summed E-state index contributed by atoms with van der Waals surface area (Å²) in [5.74, 6) is 0.0322. The molecule has 34 heavy (non-hydrogen) atoms. The first-order chi connectivity index (χ1) is 16.7. The maximum atomic E-state index is 13.4. The van der Waals surface area contributed by atoms with Crippen molar-refractivity contribution < 1.29 is 4.79 Å². The molecule has 0 atom stereocenters. The number of aryl methyl sites for hydroxylation is 2. The Balaban J connectivity index is 1.26. The largest absolute Gasteiger partial charge is 0.337 e. The molecule has 0 saturated carbocycles. The van der Waals surface area contributed by atoms with Gasteiger partial charge < -0.3 is 9.47 Å². The van der Waals surface area contributed by atoms with Crippen LogP contribution in [0, 0.1) is 0 Å². The van der Waals surface area contributed by atoms with E-state index in [2.05, 4.69) is 9.97 Å². The van der Waals surface area contributed by atoms with Gasteiger partial charge in [-0.3, -0.25) is 14.2 Å². The standard InChI is InChI=1S/C26H23N5O2S/c32-25(20-8-3-6-18-5-1-2-7-19(18)20)30-13-9-21-22(15-30)34-24-23(21)26(33)31(17-28-24)12-4-11-29-14-10-27-16-29/h1-3,5-8,10,14,16-17H,4,9,11-13,15H2. The Morgan fingerprint density at radius 2 is 1.94 bits per heavy atom. The van der Waals surface area contributed by atoms with Crippen molar-refractivity contribution in [3.63, 3.8) is 0 Å². The average molecular weight is 470 g/mol. The zero-order chi connectivity index (χ0) is 23.1. The Bertz CT molecular complexity index is 1560. The summed E-state index contributed by atoms with van der Waals surface area (Å²) in [5.41, 5.74) is 1.80. The van der Waals surface area contributed by atoms with Crippen LogP contribution in [-0.2, 0) is 26.1 Å². The predicted octanol–water partition coefficient (Wildman–Crippen LogP) is 4.10. The molecule has 3 aromatic heterocycles. The van der Waals surface area contributed by atoms with Crippen molar-refractivity contribution in [1.82, 2.24) is 24.0 Å². The molecule has 5 aromatic rings. The van der Waals surface area contributed by atoms with E-state index >= 15 is 0 Å². The van der Waals surface area contributed by atoms with Crippen LogP contribution in [0.3, 0.4) is 0 Å². The molecule has 2 aromatic carbocycles. The monoisotopic (exact) mass is 469 g/mol. The Kier molecular flexibility index (Phi) is 5.22. The first-order valence-corrected chi connectivity index (χ1v) is 12.2. The molecule has 1 aliphatic rings. The molecule has 0 bridgehead atoms. The third-order valence-corrected chi connectivity index (χ3v) is 7.63. The first kappa shape index (κ1) is 20.8. The van der Waals surface area contributed by atoms with Crippen molar-refractivity contribution >= 4 is 38.2 Å². The minimum atomic E-state index is 0.0157. The Hall–Kier alpha value is -3.78. The number of amides is 1. The maximum absolute atomic E-state index is 13.4. The van der Waals surface area contributed by atoms with Gasteiger partial charge in [-0.25, -0.2) is 9.97 Å². The highest BCUT2D eigenvalue weighted by molar-refractivity contribution is 7.18. The molecule has 0 aliphatic carbocycles. The lowest BCUT2D eigenvalue weighted by atomic mass is 10.0. The molecule has 0 radical (unpaired) electrons. The number of imidazole rings is 1. The minimum absolute atomic E-state index is 0.0157. The molecule has 4 heterocycles. The van der Waals surface area contributed by atoms with Crippen LogP contribution >= 0.6 is 11.3 Å². The molecule has 7 nitrogen and oxygen atoms in total. The summed E-state index contributed by atoms with van der Waals surface area (Å²) in [6.45, 7) is 2.52. The SMILES string of the molecule is O=C(c1cccc2ccccc12)N1CCc2c(sc3ncn(CCCn4ccnc4)c(=O)c23)C1. The van der Waals surface area contributed by atoms with E-state index in [0.29, 0.717) is 26.1 Å². The molecule has 0 unspecified atom stereocenters. The van der Waals surface area contributed by atoms with Crippen LogP contribution in [0.4, 0.5) is 0 Å². The zero-order valence-electron chi connectivity index (χ0n) is 18.6. The maximum Gasteiger partial charge on any atom is 0.262 e. The van der Waals surface area contributed by atoms with Crippen LogP contribution in [0.2, 0.25) is 0 Å². The lowest BCUT2D eigenvalue weighted by Crippen LogP contribution is -2.35. The summed E-state index contributed by atoms with van der Waals surface area (Å²) < 4.78 is 3.71. The molecular weight excluding hydrogens is 446 g/mol. The summed E-state index contributed by atoms with van der Waals surface area (Å²) in [4.78, 5) is 39.1. The van der Waals surface area contributed by atoms with Gasteiger partial charge in [0.05, 0.1) is 24.6 Å². The number of hydrogen-bond acceptors (Lipinski definition) is 5. The number of nitrogens with zero attached hydrogens (tertiary/aromatic N) is 5. The number of hydrogen-bond donors (Lipinski definition) is 0. The van der Waals surface area contributed by atoms with Crippen molar-refractivity contribution in [2.75, 3.05) is 6.54 Å². The molecule has 0 N–H and O–H groups in total. The van der Waals surface area contributed by atoms with Gasteiger partial charge in [0.1, 0.15) is 4.83 Å². The smallest absolute Gasteiger partial charge is 0.262 e. The summed E-state index contributed by atoms with van der Waals surface area (Å²) in [7, 11) is 0. The predicted molar refractivity (Wildman–Crippen MR) is 133 cm³/mol. The Labute approximate surface area is 199 Å². The Morgan fingerprint density at radius 1 is 1.06 bits per heavy atom. The second-order valence-corrected chi connectivity index (χ2v) is 9.67. The van der Waals surface area contributed by atoms with E-state index in [0.717, 1.165) is 50.0 Å². The molecule has 1 amide bonds. The van der Waals surface area contributed by atoms with Crippen LogP contribution < -0.4 is 5.56 Å². The van der Waals surface area contributed by atoms with Crippen LogP contribution in [0.25, 0.3) is 21.0 Å². The zero-order valence-corrected chi connectivity index (χ0v) is 19.4. The van der Waals surface area contributed by atoms with E-state index in [1.54, 1.807) is 23.4 Å². The fraction of sp³-hybridized carbons (Fsp3) is 0.231. The van der Waals surface area contributed by atoms with Gasteiger partial charge in [0.15, 0.2) is 0 Å². The fourth-order valence-corrected chi connectivity index (χ4v) is 5.97. The molecule has 0 saturated heterocycles. The van der Waals surface area contributed by atoms with E-state index in [9.17, 15) is 9.59 Å². The van der Waals surface area contributed by atoms with Gasteiger partial charge in [0.25, 0.3) is 11.5 Å². The fourth-order valence-electron chi connectivity index (χ4n) is 4.78. The van der Waals surface area contributed by atoms with E-state index in [-0.39, 0.29) is 11.5 Å². The second kappa shape index (κ2) is 8.53. The molecule has 0 spiro atoms. The third kappa shape index (κ3) is 3.60. The number of carbonyl (C=O) groups is 1. The number of benzene rings is 2. The van der Waals surface area contributed by atoms with Gasteiger partial charge in [0.2, 0.25) is 0 Å². The van der Waals surface area contributed by atoms with Gasteiger partial charge in [-0.05, 0) is 35.2 Å². The molecule has 0 fully saturated rings. The molecule has 1 aliphatic heterocycles. The van der Waals surface area contributed by atoms with Crippen molar-refractivity contribution in [1.29, 1.82) is 0 Å². The normalized spacial score (nSPS) is 13.5. The highest BCUT2D eigenvalue weighted by atomic mass is 32.1. The van der Waals surface area contributed by atoms with Gasteiger partial charge in [-0.15, -0.1) is 11.3 Å². The van der Waals surface area contributed by atoms with Crippen LogP contribution in [0.15, 0.2) is 72.3 Å². The number of carbonyl (C=O) groups excluding carboxylic acids is 1. The topological polar surface area (TPSA) is 73.0 Å². The summed E-state index contributed by atoms with van der Waals surface area (Å²) in [5, 5.41) is 2.76. The quantitative estimate of drug-likeness (QED) is 0.389. The van der Waals surface area contributed by atoms with E-state index in [4.69, 9.17) is 0 Å². The number of fused-ring (bicyclic) bond motifs is 4. The number of rotatable bonds is 5. The Morgan fingerprint density at radius 3 is 2.82 bits per heavy atom. The van der Waals surface area contributed by atoms with Crippen molar-refractivity contribution in [3.8, 4) is 0 Å². The van der Waals surface area contributed by atoms with Crippen LogP contribution in [0.1, 0.15) is 27.2 Å². The minimum Gasteiger partial charge on any atom is -0.337 e. The van der Waals surface area contributed by atoms with Crippen LogP contribution in [0.5, 0.6) is 0 Å². The van der Waals surface area contributed by atoms with E-state index in [1.807, 2.05) is 58.1 Å². The lowest BCUT2D eigenvalue weighted by molar-refractivity contribution is 0.0739. The van der Waals surface area contributed by atoms with E-state index < -0.39 is 0 Å². The first-order valence-electron chi connectivity index (χ1n) is 11.4. The summed E-state index contributed by atoms with van der Waals surface area (Å²) in [6, 6.07) is 13.8. The lowest BCUT2D eigenvalue weighted by Gasteiger charge is -2.27. The van der Waals surface area contributed by atoms with Gasteiger partial charge >= 0.3 is 0 Å². The summed E-state index contributed by atoms with van der Waals surface area (Å²) >= 11 is 1.53. The molecule has 8 heteroatoms. The van der Waals surface area contributed by atoms with Crippen LogP contribution in [-0.4, -0.2) is 36.5 Å². The van der Waals surface area contributed by atoms with Crippen molar-refractivity contribution in [3.05, 3.63) is 93.9 Å². The highest BCUT2D eigenvalue weighted by Crippen LogP contribution is 2.33. The van der Waals surface area contributed by atoms with E-state index in [1.165, 1.54) is 11.3 Å². The average Bonchev–Trinajstić information content (AvgIpc) is 3.52. The number of thiophene rings is 1. The highest BCUT2D eigenvalue weighted by Gasteiger charge is 2.27. The summed E-state index contributed by atoms with van der Waals surface area (Å²) in [6.07, 6.45) is 8.60. The third-order valence-electron chi connectivity index (χ3n) is 6.51. The van der Waals surface area contributed by atoms with Crippen molar-refractivity contribution in [2.24, 2.45) is 0 Å². The van der Waals surface area contributed by atoms with Gasteiger partial charge in [0, 0.05) is 42.5 Å². The number of aromatic nitrogens is 4. The van der Waals surface area contributed by atoms with Gasteiger partial charge in [-0.2, -0.15) is 0 Å².